The Hall–Kier alpha value is -1.20. The standard InChI is InChI=1S/C8H20N6/c1-9-13-11-7-5-3-4-6-8-12-14-10-2/h3-8H2,1-2H3,(H,9,11)(H,10,12). The number of rotatable bonds is 9. The lowest BCUT2D eigenvalue weighted by Gasteiger charge is -1.95. The Labute approximate surface area is 85.2 Å². The average Bonchev–Trinajstić information content (AvgIpc) is 2.21. The van der Waals surface area contributed by atoms with Gasteiger partial charge in [0.05, 0.1) is 13.1 Å². The Bertz CT molecular complexity index is 138. The van der Waals surface area contributed by atoms with Crippen LogP contribution in [0.5, 0.6) is 0 Å². The van der Waals surface area contributed by atoms with Gasteiger partial charge >= 0.3 is 0 Å². The third kappa shape index (κ3) is 10.8. The molecular weight excluding hydrogens is 180 g/mol. The van der Waals surface area contributed by atoms with E-state index in [2.05, 4.69) is 31.5 Å². The predicted molar refractivity (Wildman–Crippen MR) is 56.0 cm³/mol. The Balaban J connectivity index is 2.99. The molecule has 0 fully saturated rings. The number of hydrogen-bond donors (Lipinski definition) is 2. The van der Waals surface area contributed by atoms with Crippen molar-refractivity contribution in [3.05, 3.63) is 0 Å². The van der Waals surface area contributed by atoms with Gasteiger partial charge < -0.3 is 0 Å². The van der Waals surface area contributed by atoms with E-state index in [0.29, 0.717) is 0 Å². The van der Waals surface area contributed by atoms with Crippen LogP contribution < -0.4 is 10.9 Å². The smallest absolute Gasteiger partial charge is 0.0620 e. The molecule has 0 radical (unpaired) electrons. The van der Waals surface area contributed by atoms with E-state index in [4.69, 9.17) is 0 Å². The minimum atomic E-state index is 0.804. The van der Waals surface area contributed by atoms with Gasteiger partial charge in [-0.05, 0) is 12.8 Å². The molecule has 0 aromatic rings. The fourth-order valence-electron chi connectivity index (χ4n) is 0.960. The summed E-state index contributed by atoms with van der Waals surface area (Å²) in [5, 5.41) is 15.1. The summed E-state index contributed by atoms with van der Waals surface area (Å²) in [7, 11) is 3.49. The van der Waals surface area contributed by atoms with Gasteiger partial charge in [0.1, 0.15) is 0 Å². The minimum absolute atomic E-state index is 0.804. The molecule has 0 aromatic heterocycles. The average molecular weight is 200 g/mol. The molecular formula is C8H20N6. The fourth-order valence-corrected chi connectivity index (χ4v) is 0.960. The maximum atomic E-state index is 3.90. The zero-order valence-corrected chi connectivity index (χ0v) is 9.03. The normalized spacial score (nSPS) is 11.3. The van der Waals surface area contributed by atoms with Crippen molar-refractivity contribution in [2.45, 2.75) is 25.7 Å². The van der Waals surface area contributed by atoms with Crippen LogP contribution in [0.3, 0.4) is 0 Å². The Kier molecular flexibility index (Phi) is 10.8. The zero-order chi connectivity index (χ0) is 10.5. The molecule has 14 heavy (non-hydrogen) atoms. The van der Waals surface area contributed by atoms with Gasteiger partial charge in [-0.3, -0.25) is 10.9 Å². The van der Waals surface area contributed by atoms with Crippen molar-refractivity contribution >= 4 is 0 Å². The van der Waals surface area contributed by atoms with Crippen LogP contribution in [0.15, 0.2) is 20.7 Å². The van der Waals surface area contributed by atoms with Crippen molar-refractivity contribution in [3.63, 3.8) is 0 Å². The van der Waals surface area contributed by atoms with Gasteiger partial charge in [0.15, 0.2) is 0 Å². The second-order valence-corrected chi connectivity index (χ2v) is 2.79. The van der Waals surface area contributed by atoms with Crippen LogP contribution in [0.25, 0.3) is 0 Å². The maximum Gasteiger partial charge on any atom is 0.0620 e. The monoisotopic (exact) mass is 200 g/mol. The summed E-state index contributed by atoms with van der Waals surface area (Å²) in [6.45, 7) is 1.61. The highest BCUT2D eigenvalue weighted by atomic mass is 15.4. The molecule has 0 heterocycles. The van der Waals surface area contributed by atoms with Crippen LogP contribution in [0.2, 0.25) is 0 Å². The first-order valence-corrected chi connectivity index (χ1v) is 4.98. The molecule has 6 nitrogen and oxygen atoms in total. The SMILES string of the molecule is CNN=NCCCCCCN=NNC. The molecule has 2 N–H and O–H groups in total. The summed E-state index contributed by atoms with van der Waals surface area (Å²) < 4.78 is 0. The first-order chi connectivity index (χ1) is 6.91. The fraction of sp³-hybridized carbons (Fsp3) is 1.00. The van der Waals surface area contributed by atoms with Crippen LogP contribution in [-0.4, -0.2) is 27.2 Å². The van der Waals surface area contributed by atoms with Crippen molar-refractivity contribution in [2.24, 2.45) is 20.7 Å². The summed E-state index contributed by atoms with van der Waals surface area (Å²) in [6.07, 6.45) is 4.54. The summed E-state index contributed by atoms with van der Waals surface area (Å²) >= 11 is 0. The minimum Gasteiger partial charge on any atom is -0.295 e. The lowest BCUT2D eigenvalue weighted by molar-refractivity contribution is 0.620. The topological polar surface area (TPSA) is 73.5 Å². The molecule has 0 rings (SSSR count). The van der Waals surface area contributed by atoms with Gasteiger partial charge in [-0.25, -0.2) is 0 Å². The highest BCUT2D eigenvalue weighted by Crippen LogP contribution is 2.00. The largest absolute Gasteiger partial charge is 0.295 e. The number of nitrogens with one attached hydrogen (secondary N) is 2. The van der Waals surface area contributed by atoms with E-state index >= 15 is 0 Å². The van der Waals surface area contributed by atoms with Crippen molar-refractivity contribution in [2.75, 3.05) is 27.2 Å². The zero-order valence-electron chi connectivity index (χ0n) is 9.03. The molecule has 0 aliphatic carbocycles. The van der Waals surface area contributed by atoms with Gasteiger partial charge in [0.2, 0.25) is 0 Å². The Morgan fingerprint density at radius 3 is 1.50 bits per heavy atom. The summed E-state index contributed by atoms with van der Waals surface area (Å²) in [5.41, 5.74) is 5.23. The van der Waals surface area contributed by atoms with Gasteiger partial charge in [0, 0.05) is 14.1 Å². The van der Waals surface area contributed by atoms with Crippen molar-refractivity contribution in [1.29, 1.82) is 0 Å². The van der Waals surface area contributed by atoms with Crippen LogP contribution in [0.4, 0.5) is 0 Å². The molecule has 82 valence electrons. The number of nitrogens with zero attached hydrogens (tertiary/aromatic N) is 4. The predicted octanol–water partition coefficient (Wildman–Crippen LogP) is 1.72. The summed E-state index contributed by atoms with van der Waals surface area (Å²) in [4.78, 5) is 0. The van der Waals surface area contributed by atoms with Crippen LogP contribution in [0.1, 0.15) is 25.7 Å². The van der Waals surface area contributed by atoms with E-state index in [9.17, 15) is 0 Å². The first kappa shape index (κ1) is 12.8. The van der Waals surface area contributed by atoms with E-state index < -0.39 is 0 Å². The van der Waals surface area contributed by atoms with Crippen LogP contribution in [-0.2, 0) is 0 Å². The third-order valence-electron chi connectivity index (χ3n) is 1.61. The highest BCUT2D eigenvalue weighted by molar-refractivity contribution is 4.46. The third-order valence-corrected chi connectivity index (χ3v) is 1.61. The molecule has 0 saturated carbocycles. The van der Waals surface area contributed by atoms with E-state index in [1.165, 1.54) is 12.8 Å². The van der Waals surface area contributed by atoms with E-state index in [0.717, 1.165) is 25.9 Å². The molecule has 0 spiro atoms. The molecule has 0 unspecified atom stereocenters. The van der Waals surface area contributed by atoms with Crippen molar-refractivity contribution < 1.29 is 0 Å². The Morgan fingerprint density at radius 1 is 0.714 bits per heavy atom. The second-order valence-electron chi connectivity index (χ2n) is 2.79. The molecule has 0 saturated heterocycles. The van der Waals surface area contributed by atoms with Crippen molar-refractivity contribution in [1.82, 2.24) is 10.9 Å². The molecule has 0 aromatic carbocycles. The molecule has 6 heteroatoms. The second kappa shape index (κ2) is 11.8. The van der Waals surface area contributed by atoms with Gasteiger partial charge in [-0.15, -0.1) is 0 Å². The molecule has 0 aliphatic heterocycles. The van der Waals surface area contributed by atoms with Crippen molar-refractivity contribution in [3.8, 4) is 0 Å². The summed E-state index contributed by atoms with van der Waals surface area (Å²) in [6, 6.07) is 0. The van der Waals surface area contributed by atoms with Crippen LogP contribution in [0, 0.1) is 0 Å². The maximum absolute atomic E-state index is 3.90. The quantitative estimate of drug-likeness (QED) is 0.338. The lowest BCUT2D eigenvalue weighted by atomic mass is 10.2. The number of unbranched alkanes of at least 4 members (excludes halogenated alkanes) is 3. The van der Waals surface area contributed by atoms with E-state index in [1.807, 2.05) is 0 Å². The molecule has 0 amide bonds. The van der Waals surface area contributed by atoms with Crippen LogP contribution >= 0.6 is 0 Å². The Morgan fingerprint density at radius 2 is 1.14 bits per heavy atom. The molecule has 0 bridgehead atoms. The summed E-state index contributed by atoms with van der Waals surface area (Å²) in [5.74, 6) is 0. The van der Waals surface area contributed by atoms with Gasteiger partial charge in [-0.2, -0.15) is 10.2 Å². The highest BCUT2D eigenvalue weighted by Gasteiger charge is 1.88. The van der Waals surface area contributed by atoms with E-state index in [-0.39, 0.29) is 0 Å². The van der Waals surface area contributed by atoms with E-state index in [1.54, 1.807) is 14.1 Å². The first-order valence-electron chi connectivity index (χ1n) is 4.98. The molecule has 0 aliphatic rings. The molecule has 0 atom stereocenters. The van der Waals surface area contributed by atoms with Gasteiger partial charge in [0.25, 0.3) is 0 Å². The lowest BCUT2D eigenvalue weighted by Crippen LogP contribution is -1.93. The van der Waals surface area contributed by atoms with Gasteiger partial charge in [-0.1, -0.05) is 23.3 Å². The number of hydrogen-bond acceptors (Lipinski definition) is 4.